The van der Waals surface area contributed by atoms with Gasteiger partial charge in [-0.1, -0.05) is 20.8 Å². The lowest BCUT2D eigenvalue weighted by molar-refractivity contribution is -0.373. The standard InChI is InChI=1S/C45H74O19/c1-18(17-58-41-37(56)34(53)31(50)27(14-46)61-41)11-25(49)39-19(2)30-26(60-39)13-24-22-6-5-20-12-21(7-9-44(20,3)23(22)8-10-45(24,30)4)59-43-40(36(55)33(52)29(16-48)63-43)64-42-38(57)35(54)32(51)28(15-47)62-42/h18,20-38,40-43,46-57H,5-17H2,1-4H3/t18-,20-,21+,22-,23+,24+,25+,26+,27-,28-,29-,30+,31-,32-,33+,34+,35+,36+,37-,38-,40-,41-,42+,43-,44+,45+/m1/s1. The molecule has 0 amide bonds. The SMILES string of the molecule is CC1=C([C@@H](O)C[C@@H](C)CO[C@@H]2O[C@H](CO)[C@@H](O)[C@H](O)[C@H]2O)O[C@H]2C[C@H]3[C@@H]4CC[C@@H]5C[C@@H](O[C@@H]6O[C@H](CO)[C@H](O)[C@H](O)[C@H]6O[C@@H]6O[C@H](CO)[C@@H](O)[C@H](O)[C@H]6O)CC[C@]5(C)[C@H]4CC[C@]3(C)[C@@H]12. The first-order valence-electron chi connectivity index (χ1n) is 23.6. The summed E-state index contributed by atoms with van der Waals surface area (Å²) in [6.07, 6.45) is -15.3. The van der Waals surface area contributed by atoms with Crippen molar-refractivity contribution in [1.29, 1.82) is 0 Å². The van der Waals surface area contributed by atoms with Crippen molar-refractivity contribution in [2.45, 2.75) is 196 Å². The van der Waals surface area contributed by atoms with Gasteiger partial charge in [0.15, 0.2) is 18.9 Å². The molecule has 8 rings (SSSR count). The van der Waals surface area contributed by atoms with Crippen LogP contribution in [0.3, 0.4) is 0 Å². The van der Waals surface area contributed by atoms with Gasteiger partial charge in [-0.05, 0) is 111 Å². The van der Waals surface area contributed by atoms with E-state index in [0.29, 0.717) is 42.3 Å². The predicted molar refractivity (Wildman–Crippen MR) is 219 cm³/mol. The van der Waals surface area contributed by atoms with Crippen LogP contribution in [0.2, 0.25) is 0 Å². The maximum Gasteiger partial charge on any atom is 0.187 e. The maximum absolute atomic E-state index is 11.5. The number of ether oxygens (including phenoxy) is 7. The average molecular weight is 919 g/mol. The van der Waals surface area contributed by atoms with Crippen LogP contribution in [-0.4, -0.2) is 198 Å². The van der Waals surface area contributed by atoms with Crippen molar-refractivity contribution >= 4 is 0 Å². The van der Waals surface area contributed by atoms with Gasteiger partial charge in [-0.2, -0.15) is 0 Å². The van der Waals surface area contributed by atoms with Gasteiger partial charge in [0.25, 0.3) is 0 Å². The van der Waals surface area contributed by atoms with Crippen molar-refractivity contribution in [1.82, 2.24) is 0 Å². The first-order valence-corrected chi connectivity index (χ1v) is 23.6. The zero-order valence-electron chi connectivity index (χ0n) is 37.3. The number of aliphatic hydroxyl groups is 12. The highest BCUT2D eigenvalue weighted by molar-refractivity contribution is 5.28. The predicted octanol–water partition coefficient (Wildman–Crippen LogP) is -1.86. The van der Waals surface area contributed by atoms with Crippen molar-refractivity contribution in [3.05, 3.63) is 11.3 Å². The fourth-order valence-corrected chi connectivity index (χ4v) is 13.8. The molecule has 4 aliphatic carbocycles. The molecule has 0 aromatic heterocycles. The first-order chi connectivity index (χ1) is 30.4. The summed E-state index contributed by atoms with van der Waals surface area (Å²) in [6, 6.07) is 0. The molecule has 26 atom stereocenters. The van der Waals surface area contributed by atoms with Crippen molar-refractivity contribution in [3.63, 3.8) is 0 Å². The number of fused-ring (bicyclic) bond motifs is 7. The molecule has 4 heterocycles. The lowest BCUT2D eigenvalue weighted by atomic mass is 9.44. The second-order valence-corrected chi connectivity index (χ2v) is 21.0. The molecule has 4 saturated carbocycles. The smallest absolute Gasteiger partial charge is 0.187 e. The molecule has 19 heteroatoms. The third-order valence-electron chi connectivity index (χ3n) is 17.4. The fourth-order valence-electron chi connectivity index (χ4n) is 13.8. The Morgan fingerprint density at radius 1 is 0.641 bits per heavy atom. The van der Waals surface area contributed by atoms with E-state index in [1.54, 1.807) is 0 Å². The van der Waals surface area contributed by atoms with Gasteiger partial charge in [0.1, 0.15) is 91.2 Å². The van der Waals surface area contributed by atoms with E-state index in [-0.39, 0.29) is 41.5 Å². The van der Waals surface area contributed by atoms with Gasteiger partial charge in [-0.25, -0.2) is 0 Å². The highest BCUT2D eigenvalue weighted by Crippen LogP contribution is 2.70. The number of rotatable bonds is 13. The lowest BCUT2D eigenvalue weighted by Crippen LogP contribution is -2.65. The molecule has 0 spiro atoms. The normalized spacial score (nSPS) is 52.6. The fraction of sp³-hybridized carbons (Fsp3) is 0.956. The number of hydrogen-bond acceptors (Lipinski definition) is 19. The zero-order valence-corrected chi connectivity index (χ0v) is 37.3. The summed E-state index contributed by atoms with van der Waals surface area (Å²) in [5.74, 6) is 2.41. The Bertz CT molecular complexity index is 1620. The van der Waals surface area contributed by atoms with Crippen LogP contribution in [0, 0.1) is 46.3 Å². The van der Waals surface area contributed by atoms with E-state index in [2.05, 4.69) is 20.8 Å². The highest BCUT2D eigenvalue weighted by atomic mass is 16.8. The van der Waals surface area contributed by atoms with Gasteiger partial charge in [0.2, 0.25) is 0 Å². The van der Waals surface area contributed by atoms with Crippen molar-refractivity contribution in [3.8, 4) is 0 Å². The van der Waals surface area contributed by atoms with Crippen molar-refractivity contribution in [2.24, 2.45) is 46.3 Å². The van der Waals surface area contributed by atoms with E-state index in [9.17, 15) is 61.3 Å². The van der Waals surface area contributed by atoms with E-state index in [0.717, 1.165) is 50.5 Å². The Hall–Kier alpha value is -1.18. The maximum atomic E-state index is 11.5. The monoisotopic (exact) mass is 918 g/mol. The minimum absolute atomic E-state index is 0.00165. The van der Waals surface area contributed by atoms with Crippen LogP contribution in [0.25, 0.3) is 0 Å². The molecular weight excluding hydrogens is 844 g/mol. The molecular formula is C45H74O19. The Morgan fingerprint density at radius 2 is 1.22 bits per heavy atom. The second-order valence-electron chi connectivity index (χ2n) is 21.0. The van der Waals surface area contributed by atoms with E-state index < -0.39 is 118 Å². The summed E-state index contributed by atoms with van der Waals surface area (Å²) in [7, 11) is 0. The highest BCUT2D eigenvalue weighted by Gasteiger charge is 2.65. The summed E-state index contributed by atoms with van der Waals surface area (Å²) in [6.45, 7) is 7.10. The van der Waals surface area contributed by atoms with Crippen LogP contribution in [0.5, 0.6) is 0 Å². The minimum atomic E-state index is -1.75. The number of aliphatic hydroxyl groups excluding tert-OH is 12. The lowest BCUT2D eigenvalue weighted by Gasteiger charge is -2.61. The van der Waals surface area contributed by atoms with Crippen LogP contribution in [0.4, 0.5) is 0 Å². The Kier molecular flexibility index (Phi) is 14.9. The zero-order chi connectivity index (χ0) is 46.2. The van der Waals surface area contributed by atoms with Gasteiger partial charge < -0.3 is 94.4 Å². The van der Waals surface area contributed by atoms with Gasteiger partial charge >= 0.3 is 0 Å². The molecule has 3 saturated heterocycles. The van der Waals surface area contributed by atoms with Crippen LogP contribution in [0.15, 0.2) is 11.3 Å². The second kappa shape index (κ2) is 19.3. The molecule has 0 radical (unpaired) electrons. The van der Waals surface area contributed by atoms with Crippen LogP contribution >= 0.6 is 0 Å². The molecule has 8 aliphatic rings. The Labute approximate surface area is 373 Å². The van der Waals surface area contributed by atoms with Crippen molar-refractivity contribution < 1.29 is 94.4 Å². The largest absolute Gasteiger partial charge is 0.491 e. The topological polar surface area (TPSA) is 307 Å². The summed E-state index contributed by atoms with van der Waals surface area (Å²) in [5.41, 5.74) is 1.15. The molecule has 0 aromatic rings. The van der Waals surface area contributed by atoms with E-state index in [1.807, 2.05) is 6.92 Å². The molecule has 368 valence electrons. The third-order valence-corrected chi connectivity index (χ3v) is 17.4. The molecule has 4 aliphatic heterocycles. The summed E-state index contributed by atoms with van der Waals surface area (Å²) >= 11 is 0. The van der Waals surface area contributed by atoms with E-state index >= 15 is 0 Å². The van der Waals surface area contributed by atoms with Crippen LogP contribution in [0.1, 0.15) is 85.5 Å². The minimum Gasteiger partial charge on any atom is -0.491 e. The molecule has 0 unspecified atom stereocenters. The first kappa shape index (κ1) is 49.2. The van der Waals surface area contributed by atoms with Gasteiger partial charge in [-0.15, -0.1) is 0 Å². The Morgan fingerprint density at radius 3 is 1.86 bits per heavy atom. The summed E-state index contributed by atoms with van der Waals surface area (Å²) in [4.78, 5) is 0. The third kappa shape index (κ3) is 8.63. The van der Waals surface area contributed by atoms with Gasteiger partial charge in [-0.3, -0.25) is 0 Å². The summed E-state index contributed by atoms with van der Waals surface area (Å²) in [5, 5.41) is 125. The van der Waals surface area contributed by atoms with E-state index in [4.69, 9.17) is 33.2 Å². The molecule has 12 N–H and O–H groups in total. The number of hydrogen-bond donors (Lipinski definition) is 12. The molecule has 7 fully saturated rings. The van der Waals surface area contributed by atoms with Gasteiger partial charge in [0.05, 0.1) is 32.5 Å². The molecule has 0 bridgehead atoms. The van der Waals surface area contributed by atoms with E-state index in [1.165, 1.54) is 0 Å². The molecule has 64 heavy (non-hydrogen) atoms. The Balaban J connectivity index is 0.884. The molecule has 0 aromatic carbocycles. The van der Waals surface area contributed by atoms with Crippen molar-refractivity contribution in [2.75, 3.05) is 26.4 Å². The van der Waals surface area contributed by atoms with Crippen LogP contribution in [-0.2, 0) is 33.2 Å². The summed E-state index contributed by atoms with van der Waals surface area (Å²) < 4.78 is 41.9. The van der Waals surface area contributed by atoms with Crippen LogP contribution < -0.4 is 0 Å². The van der Waals surface area contributed by atoms with Gasteiger partial charge in [0, 0.05) is 5.92 Å². The molecule has 19 nitrogen and oxygen atoms in total. The average Bonchev–Trinajstić information content (AvgIpc) is 3.78. The quantitative estimate of drug-likeness (QED) is 0.0902.